The summed E-state index contributed by atoms with van der Waals surface area (Å²) in [6.07, 6.45) is 5.17. The van der Waals surface area contributed by atoms with E-state index in [1.165, 1.54) is 0 Å². The summed E-state index contributed by atoms with van der Waals surface area (Å²) in [5.41, 5.74) is 3.04. The van der Waals surface area contributed by atoms with Gasteiger partial charge >= 0.3 is 0 Å². The molecule has 0 saturated heterocycles. The van der Waals surface area contributed by atoms with Gasteiger partial charge in [0.2, 0.25) is 0 Å². The standard InChI is InChI=1S/C17H16N2O/c1-12-9-14-5-3-4-6-15(14)17(13(12)2)16(20)10-19-8-7-18-11-19/h3-9,11H,10H2,1-2H3. The van der Waals surface area contributed by atoms with Crippen molar-refractivity contribution in [3.05, 3.63) is 65.7 Å². The summed E-state index contributed by atoms with van der Waals surface area (Å²) >= 11 is 0. The predicted octanol–water partition coefficient (Wildman–Crippen LogP) is 3.54. The van der Waals surface area contributed by atoms with Crippen molar-refractivity contribution < 1.29 is 4.79 Å². The fourth-order valence-corrected chi connectivity index (χ4v) is 2.58. The van der Waals surface area contributed by atoms with Crippen LogP contribution < -0.4 is 0 Å². The monoisotopic (exact) mass is 264 g/mol. The lowest BCUT2D eigenvalue weighted by molar-refractivity contribution is 0.0973. The number of hydrogen-bond acceptors (Lipinski definition) is 2. The molecule has 0 spiro atoms. The lowest BCUT2D eigenvalue weighted by Crippen LogP contribution is -2.11. The number of fused-ring (bicyclic) bond motifs is 1. The molecule has 0 aliphatic rings. The number of ketones is 1. The normalized spacial score (nSPS) is 10.9. The van der Waals surface area contributed by atoms with E-state index < -0.39 is 0 Å². The second-order valence-corrected chi connectivity index (χ2v) is 5.07. The van der Waals surface area contributed by atoms with Gasteiger partial charge in [-0.05, 0) is 35.7 Å². The van der Waals surface area contributed by atoms with Gasteiger partial charge in [-0.1, -0.05) is 30.3 Å². The summed E-state index contributed by atoms with van der Waals surface area (Å²) in [7, 11) is 0. The van der Waals surface area contributed by atoms with Crippen LogP contribution >= 0.6 is 0 Å². The first-order chi connectivity index (χ1) is 9.66. The Bertz CT molecular complexity index is 773. The molecule has 0 amide bonds. The highest BCUT2D eigenvalue weighted by Gasteiger charge is 2.15. The highest BCUT2D eigenvalue weighted by atomic mass is 16.1. The number of hydrogen-bond donors (Lipinski definition) is 0. The van der Waals surface area contributed by atoms with Crippen LogP contribution in [-0.2, 0) is 6.54 Å². The number of carbonyl (C=O) groups excluding carboxylic acids is 1. The molecule has 3 aromatic rings. The van der Waals surface area contributed by atoms with Crippen molar-refractivity contribution in [3.63, 3.8) is 0 Å². The number of imidazole rings is 1. The Morgan fingerprint density at radius 1 is 1.25 bits per heavy atom. The summed E-state index contributed by atoms with van der Waals surface area (Å²) in [5.74, 6) is 0.125. The molecule has 0 unspecified atom stereocenters. The van der Waals surface area contributed by atoms with Gasteiger partial charge in [0, 0.05) is 18.0 Å². The second kappa shape index (κ2) is 4.93. The second-order valence-electron chi connectivity index (χ2n) is 5.07. The predicted molar refractivity (Wildman–Crippen MR) is 80.0 cm³/mol. The third kappa shape index (κ3) is 2.11. The van der Waals surface area contributed by atoms with E-state index in [0.717, 1.165) is 27.5 Å². The van der Waals surface area contributed by atoms with Crippen LogP contribution in [0, 0.1) is 13.8 Å². The Labute approximate surface area is 117 Å². The molecule has 3 rings (SSSR count). The first-order valence-electron chi connectivity index (χ1n) is 6.64. The molecule has 1 aromatic heterocycles. The minimum atomic E-state index is 0.125. The zero-order chi connectivity index (χ0) is 14.1. The summed E-state index contributed by atoms with van der Waals surface area (Å²) in [4.78, 5) is 16.6. The lowest BCUT2D eigenvalue weighted by atomic mass is 9.93. The van der Waals surface area contributed by atoms with Gasteiger partial charge in [-0.3, -0.25) is 4.79 Å². The molecule has 3 nitrogen and oxygen atoms in total. The number of nitrogens with zero attached hydrogens (tertiary/aromatic N) is 2. The Balaban J connectivity index is 2.14. The van der Waals surface area contributed by atoms with Crippen molar-refractivity contribution in [3.8, 4) is 0 Å². The summed E-state index contributed by atoms with van der Waals surface area (Å²) in [6, 6.07) is 10.2. The Morgan fingerprint density at radius 3 is 2.80 bits per heavy atom. The number of rotatable bonds is 3. The number of aromatic nitrogens is 2. The van der Waals surface area contributed by atoms with E-state index in [9.17, 15) is 4.79 Å². The number of carbonyl (C=O) groups is 1. The maximum Gasteiger partial charge on any atom is 0.183 e. The molecule has 1 heterocycles. The molecule has 0 bridgehead atoms. The Morgan fingerprint density at radius 2 is 2.05 bits per heavy atom. The molecule has 0 N–H and O–H groups in total. The highest BCUT2D eigenvalue weighted by Crippen LogP contribution is 2.26. The van der Waals surface area contributed by atoms with Crippen LogP contribution in [0.15, 0.2) is 49.1 Å². The van der Waals surface area contributed by atoms with Gasteiger partial charge in [0.15, 0.2) is 5.78 Å². The third-order valence-electron chi connectivity index (χ3n) is 3.73. The number of benzene rings is 2. The molecular formula is C17H16N2O. The molecular weight excluding hydrogens is 248 g/mol. The Hall–Kier alpha value is -2.42. The van der Waals surface area contributed by atoms with Crippen molar-refractivity contribution in [1.82, 2.24) is 9.55 Å². The fourth-order valence-electron chi connectivity index (χ4n) is 2.58. The van der Waals surface area contributed by atoms with Gasteiger partial charge in [-0.2, -0.15) is 0 Å². The molecule has 2 aromatic carbocycles. The van der Waals surface area contributed by atoms with Crippen molar-refractivity contribution in [2.24, 2.45) is 0 Å². The molecule has 3 heteroatoms. The molecule has 0 radical (unpaired) electrons. The molecule has 100 valence electrons. The summed E-state index contributed by atoms with van der Waals surface area (Å²) < 4.78 is 1.80. The summed E-state index contributed by atoms with van der Waals surface area (Å²) in [6.45, 7) is 4.40. The van der Waals surface area contributed by atoms with Crippen molar-refractivity contribution in [1.29, 1.82) is 0 Å². The first kappa shape index (κ1) is 12.6. The first-order valence-corrected chi connectivity index (χ1v) is 6.64. The maximum absolute atomic E-state index is 12.7. The highest BCUT2D eigenvalue weighted by molar-refractivity contribution is 6.09. The minimum Gasteiger partial charge on any atom is -0.330 e. The van der Waals surface area contributed by atoms with E-state index in [4.69, 9.17) is 0 Å². The van der Waals surface area contributed by atoms with Gasteiger partial charge in [0.05, 0.1) is 12.9 Å². The molecule has 20 heavy (non-hydrogen) atoms. The minimum absolute atomic E-state index is 0.125. The van der Waals surface area contributed by atoms with E-state index in [2.05, 4.69) is 24.0 Å². The van der Waals surface area contributed by atoms with Crippen LogP contribution in [0.25, 0.3) is 10.8 Å². The van der Waals surface area contributed by atoms with E-state index in [1.54, 1.807) is 17.1 Å². The fraction of sp³-hybridized carbons (Fsp3) is 0.176. The quantitative estimate of drug-likeness (QED) is 0.678. The number of aryl methyl sites for hydroxylation is 1. The maximum atomic E-state index is 12.7. The van der Waals surface area contributed by atoms with Crippen LogP contribution in [0.1, 0.15) is 21.5 Å². The molecule has 0 fully saturated rings. The van der Waals surface area contributed by atoms with Crippen LogP contribution in [0.3, 0.4) is 0 Å². The smallest absolute Gasteiger partial charge is 0.183 e. The zero-order valence-corrected chi connectivity index (χ0v) is 11.6. The van der Waals surface area contributed by atoms with Gasteiger partial charge in [0.1, 0.15) is 0 Å². The van der Waals surface area contributed by atoms with Crippen LogP contribution in [-0.4, -0.2) is 15.3 Å². The third-order valence-corrected chi connectivity index (χ3v) is 3.73. The van der Waals surface area contributed by atoms with E-state index >= 15 is 0 Å². The van der Waals surface area contributed by atoms with E-state index in [1.807, 2.05) is 31.3 Å². The molecule has 0 atom stereocenters. The van der Waals surface area contributed by atoms with Crippen LogP contribution in [0.2, 0.25) is 0 Å². The van der Waals surface area contributed by atoms with Gasteiger partial charge in [0.25, 0.3) is 0 Å². The van der Waals surface area contributed by atoms with Crippen molar-refractivity contribution in [2.75, 3.05) is 0 Å². The SMILES string of the molecule is Cc1cc2ccccc2c(C(=O)Cn2ccnc2)c1C. The van der Waals surface area contributed by atoms with Crippen molar-refractivity contribution >= 4 is 16.6 Å². The lowest BCUT2D eigenvalue weighted by Gasteiger charge is -2.12. The summed E-state index contributed by atoms with van der Waals surface area (Å²) in [5, 5.41) is 2.14. The van der Waals surface area contributed by atoms with Gasteiger partial charge in [-0.25, -0.2) is 4.98 Å². The molecule has 0 aliphatic carbocycles. The molecule has 0 aliphatic heterocycles. The largest absolute Gasteiger partial charge is 0.330 e. The molecule has 0 saturated carbocycles. The zero-order valence-electron chi connectivity index (χ0n) is 11.6. The van der Waals surface area contributed by atoms with E-state index in [-0.39, 0.29) is 5.78 Å². The average molecular weight is 264 g/mol. The van der Waals surface area contributed by atoms with Gasteiger partial charge in [-0.15, -0.1) is 0 Å². The van der Waals surface area contributed by atoms with Crippen LogP contribution in [0.5, 0.6) is 0 Å². The Kier molecular flexibility index (Phi) is 3.11. The number of Topliss-reactive ketones (excluding diaryl/α,β-unsaturated/α-hetero) is 1. The average Bonchev–Trinajstić information content (AvgIpc) is 2.93. The van der Waals surface area contributed by atoms with E-state index in [0.29, 0.717) is 6.54 Å². The van der Waals surface area contributed by atoms with Crippen molar-refractivity contribution in [2.45, 2.75) is 20.4 Å². The van der Waals surface area contributed by atoms with Crippen LogP contribution in [0.4, 0.5) is 0 Å². The topological polar surface area (TPSA) is 34.9 Å². The van der Waals surface area contributed by atoms with Gasteiger partial charge < -0.3 is 4.57 Å².